The number of nitrogens with two attached hydrogens (primary N) is 2. The number of carbonyl (C=O) groups excluding carboxylic acids is 1. The maximum atomic E-state index is 13.5. The third kappa shape index (κ3) is 2.75. The predicted octanol–water partition coefficient (Wildman–Crippen LogP) is 4.65. The van der Waals surface area contributed by atoms with E-state index in [4.69, 9.17) is 11.5 Å². The van der Waals surface area contributed by atoms with Crippen molar-refractivity contribution in [3.05, 3.63) is 57.8 Å². The molecule has 0 saturated heterocycles. The molecular weight excluding hydrogens is 414 g/mol. The van der Waals surface area contributed by atoms with Gasteiger partial charge in [0.05, 0.1) is 5.69 Å². The molecule has 4 N–H and O–H groups in total. The molecule has 0 saturated carbocycles. The van der Waals surface area contributed by atoms with Crippen molar-refractivity contribution in [1.29, 1.82) is 5.26 Å². The van der Waals surface area contributed by atoms with Crippen LogP contribution in [0.25, 0.3) is 20.7 Å². The van der Waals surface area contributed by atoms with Gasteiger partial charge in [0.15, 0.2) is 0 Å². The van der Waals surface area contributed by atoms with E-state index >= 15 is 0 Å². The van der Waals surface area contributed by atoms with E-state index < -0.39 is 0 Å². The van der Waals surface area contributed by atoms with E-state index in [1.54, 1.807) is 4.90 Å². The van der Waals surface area contributed by atoms with Crippen LogP contribution < -0.4 is 16.4 Å². The average molecular weight is 432 g/mol. The maximum absolute atomic E-state index is 13.5. The van der Waals surface area contributed by atoms with Crippen LogP contribution in [0.5, 0.6) is 0 Å². The molecule has 30 heavy (non-hydrogen) atoms. The van der Waals surface area contributed by atoms with Gasteiger partial charge in [-0.05, 0) is 35.9 Å². The topological polar surface area (TPSA) is 109 Å². The molecule has 0 fully saturated rings. The molecule has 148 valence electrons. The second kappa shape index (κ2) is 7.13. The summed E-state index contributed by atoms with van der Waals surface area (Å²) in [5.41, 5.74) is 16.0. The minimum Gasteiger partial charge on any atom is -0.397 e. The molecule has 1 aromatic carbocycles. The summed E-state index contributed by atoms with van der Waals surface area (Å²) in [4.78, 5) is 21.6. The lowest BCUT2D eigenvalue weighted by molar-refractivity contribution is 0.0990. The number of hydrogen-bond donors (Lipinski definition) is 2. The Kier molecular flexibility index (Phi) is 4.42. The monoisotopic (exact) mass is 431 g/mol. The Morgan fingerprint density at radius 2 is 2.03 bits per heavy atom. The van der Waals surface area contributed by atoms with Gasteiger partial charge < -0.3 is 16.4 Å². The molecule has 0 unspecified atom stereocenters. The lowest BCUT2D eigenvalue weighted by Gasteiger charge is -2.29. The number of carbonyl (C=O) groups is 1. The zero-order valence-electron chi connectivity index (χ0n) is 15.9. The Balaban J connectivity index is 1.71. The van der Waals surface area contributed by atoms with E-state index in [0.29, 0.717) is 32.9 Å². The van der Waals surface area contributed by atoms with Crippen LogP contribution in [0.2, 0.25) is 0 Å². The molecule has 0 aliphatic carbocycles. The highest BCUT2D eigenvalue weighted by atomic mass is 32.1. The van der Waals surface area contributed by atoms with Gasteiger partial charge in [-0.25, -0.2) is 4.98 Å². The zero-order valence-corrected chi connectivity index (χ0v) is 17.5. The van der Waals surface area contributed by atoms with Crippen molar-refractivity contribution in [1.82, 2.24) is 4.98 Å². The quantitative estimate of drug-likeness (QED) is 0.480. The van der Waals surface area contributed by atoms with Gasteiger partial charge in [-0.1, -0.05) is 24.3 Å². The minimum atomic E-state index is -0.142. The summed E-state index contributed by atoms with van der Waals surface area (Å²) in [6, 6.07) is 13.9. The highest BCUT2D eigenvalue weighted by Crippen LogP contribution is 2.44. The summed E-state index contributed by atoms with van der Waals surface area (Å²) in [6.07, 6.45) is 1.85. The number of nitrogens with zero attached hydrogens (tertiary/aromatic N) is 3. The van der Waals surface area contributed by atoms with Crippen molar-refractivity contribution in [3.8, 4) is 16.5 Å². The molecule has 0 radical (unpaired) electrons. The number of para-hydroxylation sites is 1. The zero-order chi connectivity index (χ0) is 20.8. The summed E-state index contributed by atoms with van der Waals surface area (Å²) in [6.45, 7) is 0.639. The van der Waals surface area contributed by atoms with Crippen LogP contribution in [0.15, 0.2) is 41.8 Å². The number of thiophene rings is 2. The summed E-state index contributed by atoms with van der Waals surface area (Å²) >= 11 is 2.73. The SMILES string of the molecule is N#Cc1c(N)nc2sc(C(=O)N3CCCc4ccccc43)c(N)c2c1-c1cccs1. The number of aromatic nitrogens is 1. The number of pyridine rings is 1. The van der Waals surface area contributed by atoms with Crippen LogP contribution in [-0.4, -0.2) is 17.4 Å². The first-order valence-corrected chi connectivity index (χ1v) is 11.1. The van der Waals surface area contributed by atoms with E-state index in [1.807, 2.05) is 35.7 Å². The first-order chi connectivity index (χ1) is 14.6. The number of nitriles is 1. The number of benzene rings is 1. The van der Waals surface area contributed by atoms with Crippen LogP contribution in [-0.2, 0) is 6.42 Å². The summed E-state index contributed by atoms with van der Waals surface area (Å²) < 4.78 is 0. The van der Waals surface area contributed by atoms with Gasteiger partial charge >= 0.3 is 0 Å². The van der Waals surface area contributed by atoms with E-state index in [-0.39, 0.29) is 17.3 Å². The Hall–Kier alpha value is -3.41. The van der Waals surface area contributed by atoms with Gasteiger partial charge in [0.25, 0.3) is 5.91 Å². The van der Waals surface area contributed by atoms with E-state index in [9.17, 15) is 10.1 Å². The van der Waals surface area contributed by atoms with Crippen molar-refractivity contribution >= 4 is 56.0 Å². The fraction of sp³-hybridized carbons (Fsp3) is 0.136. The van der Waals surface area contributed by atoms with Gasteiger partial charge in [0, 0.05) is 28.1 Å². The van der Waals surface area contributed by atoms with Gasteiger partial charge in [-0.3, -0.25) is 4.79 Å². The molecule has 5 rings (SSSR count). The van der Waals surface area contributed by atoms with Crippen molar-refractivity contribution in [2.24, 2.45) is 0 Å². The first-order valence-electron chi connectivity index (χ1n) is 9.45. The van der Waals surface area contributed by atoms with Crippen molar-refractivity contribution in [3.63, 3.8) is 0 Å². The van der Waals surface area contributed by atoms with Gasteiger partial charge in [0.1, 0.15) is 27.2 Å². The Bertz CT molecular complexity index is 1330. The van der Waals surface area contributed by atoms with Crippen LogP contribution in [0.4, 0.5) is 17.2 Å². The minimum absolute atomic E-state index is 0.142. The van der Waals surface area contributed by atoms with Crippen LogP contribution in [0.3, 0.4) is 0 Å². The van der Waals surface area contributed by atoms with Gasteiger partial charge in [0.2, 0.25) is 0 Å². The number of rotatable bonds is 2. The maximum Gasteiger partial charge on any atom is 0.270 e. The first kappa shape index (κ1) is 18.6. The summed E-state index contributed by atoms with van der Waals surface area (Å²) in [5, 5.41) is 12.3. The molecule has 8 heteroatoms. The summed E-state index contributed by atoms with van der Waals surface area (Å²) in [5.74, 6) is 0.00817. The molecule has 4 heterocycles. The number of fused-ring (bicyclic) bond motifs is 2. The van der Waals surface area contributed by atoms with Crippen molar-refractivity contribution in [2.75, 3.05) is 22.9 Å². The Morgan fingerprint density at radius 1 is 1.20 bits per heavy atom. The Morgan fingerprint density at radius 3 is 2.80 bits per heavy atom. The van der Waals surface area contributed by atoms with Crippen molar-refractivity contribution in [2.45, 2.75) is 12.8 Å². The molecule has 0 bridgehead atoms. The van der Waals surface area contributed by atoms with Crippen LogP contribution in [0.1, 0.15) is 27.2 Å². The highest BCUT2D eigenvalue weighted by Gasteiger charge is 2.29. The lowest BCUT2D eigenvalue weighted by atomic mass is 10.0. The van der Waals surface area contributed by atoms with Gasteiger partial charge in [-0.2, -0.15) is 5.26 Å². The molecule has 1 aliphatic rings. The standard InChI is InChI=1S/C22H17N5OS2/c23-11-13-16(15-8-4-10-29-15)17-18(24)19(30-21(17)26-20(13)25)22(28)27-9-3-6-12-5-1-2-7-14(12)27/h1-2,4-5,7-8,10H,3,6,9,24H2,(H2,25,26). The molecule has 0 spiro atoms. The fourth-order valence-electron chi connectivity index (χ4n) is 3.98. The van der Waals surface area contributed by atoms with Crippen LogP contribution >= 0.6 is 22.7 Å². The van der Waals surface area contributed by atoms with Crippen LogP contribution in [0, 0.1) is 11.3 Å². The predicted molar refractivity (Wildman–Crippen MR) is 123 cm³/mol. The van der Waals surface area contributed by atoms with E-state index in [2.05, 4.69) is 17.1 Å². The number of anilines is 3. The molecule has 3 aromatic heterocycles. The largest absolute Gasteiger partial charge is 0.397 e. The Labute approximate surface area is 181 Å². The molecule has 1 aliphatic heterocycles. The third-order valence-corrected chi connectivity index (χ3v) is 7.31. The smallest absolute Gasteiger partial charge is 0.270 e. The molecule has 0 atom stereocenters. The second-order valence-electron chi connectivity index (χ2n) is 7.05. The fourth-order valence-corrected chi connectivity index (χ4v) is 5.82. The lowest BCUT2D eigenvalue weighted by Crippen LogP contribution is -2.35. The number of amides is 1. The van der Waals surface area contributed by atoms with E-state index in [1.165, 1.54) is 22.7 Å². The summed E-state index contributed by atoms with van der Waals surface area (Å²) in [7, 11) is 0. The average Bonchev–Trinajstić information content (AvgIpc) is 3.40. The number of nitrogen functional groups attached to an aromatic ring is 2. The molecule has 6 nitrogen and oxygen atoms in total. The molecule has 1 amide bonds. The normalized spacial score (nSPS) is 13.2. The third-order valence-electron chi connectivity index (χ3n) is 5.33. The number of aryl methyl sites for hydroxylation is 1. The number of hydrogen-bond acceptors (Lipinski definition) is 7. The molecular formula is C22H17N5OS2. The van der Waals surface area contributed by atoms with E-state index in [0.717, 1.165) is 29.0 Å². The van der Waals surface area contributed by atoms with Gasteiger partial charge in [-0.15, -0.1) is 22.7 Å². The second-order valence-corrected chi connectivity index (χ2v) is 9.00. The van der Waals surface area contributed by atoms with Crippen molar-refractivity contribution < 1.29 is 4.79 Å². The highest BCUT2D eigenvalue weighted by molar-refractivity contribution is 7.21. The molecule has 4 aromatic rings.